The monoisotopic (exact) mass is 524 g/mol. The molecular formula is C26H32N6O2S2. The molecule has 0 aromatic heterocycles. The Labute approximate surface area is 223 Å². The van der Waals surface area contributed by atoms with Crippen LogP contribution in [-0.2, 0) is 9.47 Å². The van der Waals surface area contributed by atoms with Gasteiger partial charge in [-0.2, -0.15) is 0 Å². The lowest BCUT2D eigenvalue weighted by atomic mass is 10.1. The summed E-state index contributed by atoms with van der Waals surface area (Å²) in [4.78, 5) is 9.48. The van der Waals surface area contributed by atoms with Crippen molar-refractivity contribution in [3.8, 4) is 0 Å². The molecule has 4 heterocycles. The highest BCUT2D eigenvalue weighted by Crippen LogP contribution is 2.46. The van der Waals surface area contributed by atoms with Crippen LogP contribution >= 0.6 is 24.4 Å². The van der Waals surface area contributed by atoms with E-state index in [-0.39, 0.29) is 12.3 Å². The van der Waals surface area contributed by atoms with Crippen molar-refractivity contribution >= 4 is 34.7 Å². The fourth-order valence-electron chi connectivity index (χ4n) is 5.45. The molecule has 0 aliphatic carbocycles. The van der Waals surface area contributed by atoms with Gasteiger partial charge in [0.1, 0.15) is 0 Å². The predicted octanol–water partition coefficient (Wildman–Crippen LogP) is 2.68. The Bertz CT molecular complexity index is 979. The first-order valence-electron chi connectivity index (χ1n) is 12.6. The second kappa shape index (κ2) is 10.6. The molecule has 10 heteroatoms. The summed E-state index contributed by atoms with van der Waals surface area (Å²) < 4.78 is 11.2. The molecule has 0 radical (unpaired) electrons. The average Bonchev–Trinajstić information content (AvgIpc) is 3.37. The van der Waals surface area contributed by atoms with E-state index in [9.17, 15) is 0 Å². The van der Waals surface area contributed by atoms with E-state index in [1.165, 1.54) is 11.1 Å². The summed E-state index contributed by atoms with van der Waals surface area (Å²) in [6.07, 6.45) is -0.204. The number of morpholine rings is 2. The molecule has 4 fully saturated rings. The van der Waals surface area contributed by atoms with Gasteiger partial charge >= 0.3 is 0 Å². The molecule has 4 saturated heterocycles. The second-order valence-corrected chi connectivity index (χ2v) is 10.2. The quantitative estimate of drug-likeness (QED) is 0.527. The van der Waals surface area contributed by atoms with E-state index >= 15 is 0 Å². The number of hydrogen-bond acceptors (Lipinski definition) is 6. The van der Waals surface area contributed by atoms with Gasteiger partial charge in [0, 0.05) is 26.2 Å². The molecule has 4 aliphatic rings. The summed E-state index contributed by atoms with van der Waals surface area (Å²) in [5, 5.41) is 6.09. The molecule has 2 aromatic rings. The fourth-order valence-corrected chi connectivity index (χ4v) is 6.14. The van der Waals surface area contributed by atoms with E-state index in [0.29, 0.717) is 0 Å². The van der Waals surface area contributed by atoms with Gasteiger partial charge in [-0.25, -0.2) is 10.0 Å². The van der Waals surface area contributed by atoms with Gasteiger partial charge in [-0.05, 0) is 35.6 Å². The van der Waals surface area contributed by atoms with Crippen LogP contribution in [0.4, 0.5) is 0 Å². The minimum atomic E-state index is -0.102. The van der Waals surface area contributed by atoms with E-state index in [1.54, 1.807) is 0 Å². The Balaban J connectivity index is 1.38. The smallest absolute Gasteiger partial charge is 0.196 e. The van der Waals surface area contributed by atoms with Crippen LogP contribution in [0.15, 0.2) is 60.7 Å². The van der Waals surface area contributed by atoms with Crippen molar-refractivity contribution in [3.05, 3.63) is 71.8 Å². The molecule has 0 bridgehead atoms. The Morgan fingerprint density at radius 2 is 0.944 bits per heavy atom. The zero-order valence-corrected chi connectivity index (χ0v) is 21.9. The Morgan fingerprint density at radius 3 is 1.31 bits per heavy atom. The zero-order chi connectivity index (χ0) is 24.5. The highest BCUT2D eigenvalue weighted by Gasteiger charge is 2.55. The molecule has 6 rings (SSSR count). The van der Waals surface area contributed by atoms with Crippen molar-refractivity contribution in [2.75, 3.05) is 65.9 Å². The van der Waals surface area contributed by atoms with Crippen molar-refractivity contribution < 1.29 is 9.47 Å². The number of fused-ring (bicyclic) bond motifs is 1. The summed E-state index contributed by atoms with van der Waals surface area (Å²) in [7, 11) is 0. The molecule has 0 N–H and O–H groups in total. The largest absolute Gasteiger partial charge is 0.379 e. The summed E-state index contributed by atoms with van der Waals surface area (Å²) in [6, 6.07) is 21.2. The van der Waals surface area contributed by atoms with E-state index in [2.05, 4.69) is 90.3 Å². The lowest BCUT2D eigenvalue weighted by molar-refractivity contribution is 0.00389. The maximum absolute atomic E-state index is 6.24. The number of benzene rings is 2. The topological polar surface area (TPSA) is 37.9 Å². The van der Waals surface area contributed by atoms with E-state index in [1.807, 2.05) is 0 Å². The molecule has 0 spiro atoms. The number of ether oxygens (including phenoxy) is 2. The van der Waals surface area contributed by atoms with Crippen LogP contribution in [-0.4, -0.2) is 106 Å². The van der Waals surface area contributed by atoms with E-state index in [4.69, 9.17) is 33.9 Å². The summed E-state index contributed by atoms with van der Waals surface area (Å²) in [5.74, 6) is 0. The van der Waals surface area contributed by atoms with Crippen LogP contribution in [0.3, 0.4) is 0 Å². The van der Waals surface area contributed by atoms with Crippen molar-refractivity contribution in [2.45, 2.75) is 12.3 Å². The van der Waals surface area contributed by atoms with Crippen molar-refractivity contribution in [3.63, 3.8) is 0 Å². The second-order valence-electron chi connectivity index (χ2n) is 9.51. The van der Waals surface area contributed by atoms with Crippen molar-refractivity contribution in [1.29, 1.82) is 0 Å². The molecule has 8 nitrogen and oxygen atoms in total. The molecule has 0 saturated carbocycles. The maximum Gasteiger partial charge on any atom is 0.196 e. The van der Waals surface area contributed by atoms with Gasteiger partial charge < -0.3 is 19.3 Å². The third kappa shape index (κ3) is 4.46. The summed E-state index contributed by atoms with van der Waals surface area (Å²) in [5.41, 5.74) is 2.36. The average molecular weight is 525 g/mol. The molecule has 190 valence electrons. The highest BCUT2D eigenvalue weighted by molar-refractivity contribution is 7.80. The molecule has 0 unspecified atom stereocenters. The standard InChI is InChI=1S/C26H32N6O2S2/c35-25-29(19-27-11-15-33-16-12-27)23(21-7-3-1-4-8-21)31-26(36)30(20-28-13-17-34-18-14-28)24(32(25)31)22-9-5-2-6-10-22/h1-10,23-24H,11-20H2/t23-,24-/m0/s1. The molecule has 2 atom stereocenters. The number of rotatable bonds is 6. The first-order chi connectivity index (χ1) is 17.7. The van der Waals surface area contributed by atoms with Gasteiger partial charge in [0.15, 0.2) is 22.6 Å². The number of thiocarbonyl (C=S) groups is 2. The van der Waals surface area contributed by atoms with Gasteiger partial charge in [0.25, 0.3) is 0 Å². The minimum absolute atomic E-state index is 0.102. The van der Waals surface area contributed by atoms with Gasteiger partial charge in [-0.15, -0.1) is 0 Å². The maximum atomic E-state index is 6.24. The first-order valence-corrected chi connectivity index (χ1v) is 13.4. The normalized spacial score (nSPS) is 25.7. The molecule has 36 heavy (non-hydrogen) atoms. The van der Waals surface area contributed by atoms with Gasteiger partial charge in [-0.1, -0.05) is 60.7 Å². The van der Waals surface area contributed by atoms with Crippen LogP contribution in [0.2, 0.25) is 0 Å². The van der Waals surface area contributed by atoms with Crippen molar-refractivity contribution in [2.24, 2.45) is 0 Å². The van der Waals surface area contributed by atoms with Crippen molar-refractivity contribution in [1.82, 2.24) is 29.6 Å². The van der Waals surface area contributed by atoms with Crippen LogP contribution in [0.25, 0.3) is 0 Å². The van der Waals surface area contributed by atoms with Gasteiger partial charge in [0.2, 0.25) is 0 Å². The first kappa shape index (κ1) is 24.0. The molecule has 4 aliphatic heterocycles. The van der Waals surface area contributed by atoms with Crippen LogP contribution < -0.4 is 0 Å². The highest BCUT2D eigenvalue weighted by atomic mass is 32.1. The summed E-state index contributed by atoms with van der Waals surface area (Å²) in [6.45, 7) is 8.08. The lowest BCUT2D eigenvalue weighted by Crippen LogP contribution is -2.50. The molecular weight excluding hydrogens is 492 g/mol. The number of nitrogens with zero attached hydrogens (tertiary/aromatic N) is 6. The molecule has 2 aromatic carbocycles. The third-order valence-electron chi connectivity index (χ3n) is 7.28. The Morgan fingerprint density at radius 1 is 0.583 bits per heavy atom. The zero-order valence-electron chi connectivity index (χ0n) is 20.3. The minimum Gasteiger partial charge on any atom is -0.379 e. The van der Waals surface area contributed by atoms with E-state index < -0.39 is 0 Å². The third-order valence-corrected chi connectivity index (χ3v) is 8.12. The summed E-state index contributed by atoms with van der Waals surface area (Å²) >= 11 is 12.5. The predicted molar refractivity (Wildman–Crippen MR) is 145 cm³/mol. The lowest BCUT2D eigenvalue weighted by Gasteiger charge is -2.38. The fraction of sp³-hybridized carbons (Fsp3) is 0.462. The van der Waals surface area contributed by atoms with Crippen LogP contribution in [0, 0.1) is 0 Å². The van der Waals surface area contributed by atoms with E-state index in [0.717, 1.165) is 76.2 Å². The van der Waals surface area contributed by atoms with Crippen LogP contribution in [0.1, 0.15) is 23.5 Å². The Hall–Kier alpha value is -2.34. The SMILES string of the molecule is S=C1N(CN2CCOCC2)[C@H](c2ccccc2)N2C(=S)N(CN3CCOCC3)[C@H](c3ccccc3)N12. The van der Waals surface area contributed by atoms with Gasteiger partial charge in [-0.3, -0.25) is 9.80 Å². The number of hydrazine groups is 1. The van der Waals surface area contributed by atoms with Gasteiger partial charge in [0.05, 0.1) is 39.8 Å². The Kier molecular flexibility index (Phi) is 7.05. The van der Waals surface area contributed by atoms with Crippen LogP contribution in [0.5, 0.6) is 0 Å². The molecule has 0 amide bonds. The number of hydrogen-bond donors (Lipinski definition) is 0.